The van der Waals surface area contributed by atoms with E-state index in [0.717, 1.165) is 4.70 Å². The van der Waals surface area contributed by atoms with Crippen LogP contribution in [0.2, 0.25) is 0 Å². The Morgan fingerprint density at radius 2 is 2.28 bits per heavy atom. The lowest BCUT2D eigenvalue weighted by atomic mass is 10.2. The summed E-state index contributed by atoms with van der Waals surface area (Å²) in [5.74, 6) is -0.334. The van der Waals surface area contributed by atoms with E-state index in [1.165, 1.54) is 29.8 Å². The maximum absolute atomic E-state index is 13.0. The topological polar surface area (TPSA) is 70.7 Å². The lowest BCUT2D eigenvalue weighted by Gasteiger charge is -1.96. The SMILES string of the molecule is O=C(Nc1ncn[nH]1)c1cc2cc(F)ccc2s1. The predicted molar refractivity (Wildman–Crippen MR) is 66.1 cm³/mol. The maximum atomic E-state index is 13.0. The Labute approximate surface area is 105 Å². The van der Waals surface area contributed by atoms with E-state index >= 15 is 0 Å². The molecule has 0 aliphatic carbocycles. The Kier molecular flexibility index (Phi) is 2.52. The van der Waals surface area contributed by atoms with Crippen molar-refractivity contribution in [3.8, 4) is 0 Å². The summed E-state index contributed by atoms with van der Waals surface area (Å²) in [6.07, 6.45) is 1.30. The van der Waals surface area contributed by atoms with Gasteiger partial charge in [0.25, 0.3) is 5.91 Å². The summed E-state index contributed by atoms with van der Waals surface area (Å²) in [7, 11) is 0. The van der Waals surface area contributed by atoms with Gasteiger partial charge in [-0.2, -0.15) is 10.1 Å². The minimum atomic E-state index is -0.317. The number of thiophene rings is 1. The van der Waals surface area contributed by atoms with E-state index in [0.29, 0.717) is 10.3 Å². The summed E-state index contributed by atoms with van der Waals surface area (Å²) in [5, 5.41) is 9.43. The number of carbonyl (C=O) groups excluding carboxylic acids is 1. The molecule has 2 heterocycles. The zero-order chi connectivity index (χ0) is 12.5. The fourth-order valence-corrected chi connectivity index (χ4v) is 2.50. The van der Waals surface area contributed by atoms with E-state index in [-0.39, 0.29) is 17.7 Å². The first-order chi connectivity index (χ1) is 8.72. The molecular formula is C11H7FN4OS. The number of amides is 1. The molecule has 1 amide bonds. The molecule has 3 rings (SSSR count). The molecule has 2 aromatic heterocycles. The number of nitrogens with zero attached hydrogens (tertiary/aromatic N) is 2. The minimum absolute atomic E-state index is 0.281. The molecule has 0 fully saturated rings. The number of carbonyl (C=O) groups is 1. The van der Waals surface area contributed by atoms with Gasteiger partial charge in [-0.15, -0.1) is 11.3 Å². The molecule has 3 aromatic rings. The van der Waals surface area contributed by atoms with Crippen molar-refractivity contribution in [2.24, 2.45) is 0 Å². The van der Waals surface area contributed by atoms with Gasteiger partial charge in [-0.3, -0.25) is 10.1 Å². The highest BCUT2D eigenvalue weighted by Gasteiger charge is 2.11. The van der Waals surface area contributed by atoms with E-state index < -0.39 is 0 Å². The van der Waals surface area contributed by atoms with Crippen LogP contribution in [-0.2, 0) is 0 Å². The third-order valence-corrected chi connectivity index (χ3v) is 3.46. The molecule has 0 bridgehead atoms. The number of fused-ring (bicyclic) bond motifs is 1. The van der Waals surface area contributed by atoms with Crippen LogP contribution in [0.3, 0.4) is 0 Å². The van der Waals surface area contributed by atoms with E-state index in [9.17, 15) is 9.18 Å². The number of halogens is 1. The largest absolute Gasteiger partial charge is 0.290 e. The van der Waals surface area contributed by atoms with Crippen molar-refractivity contribution in [3.05, 3.63) is 41.3 Å². The zero-order valence-electron chi connectivity index (χ0n) is 8.98. The van der Waals surface area contributed by atoms with Crippen LogP contribution in [-0.4, -0.2) is 21.1 Å². The molecule has 0 aliphatic heterocycles. The standard InChI is InChI=1S/C11H7FN4OS/c12-7-1-2-8-6(3-7)4-9(18-8)10(17)15-11-13-5-14-16-11/h1-5H,(H2,13,14,15,16,17). The molecule has 18 heavy (non-hydrogen) atoms. The second-order valence-corrected chi connectivity index (χ2v) is 4.66. The van der Waals surface area contributed by atoms with Crippen LogP contribution in [0, 0.1) is 5.82 Å². The van der Waals surface area contributed by atoms with Crippen molar-refractivity contribution in [1.82, 2.24) is 15.2 Å². The van der Waals surface area contributed by atoms with Gasteiger partial charge in [0, 0.05) is 4.70 Å². The average Bonchev–Trinajstić information content (AvgIpc) is 2.96. The molecule has 0 aliphatic rings. The molecule has 0 spiro atoms. The van der Waals surface area contributed by atoms with E-state index in [1.54, 1.807) is 12.1 Å². The maximum Gasteiger partial charge on any atom is 0.268 e. The number of hydrogen-bond donors (Lipinski definition) is 2. The third kappa shape index (κ3) is 1.95. The molecule has 0 unspecified atom stereocenters. The van der Waals surface area contributed by atoms with Crippen molar-refractivity contribution in [3.63, 3.8) is 0 Å². The van der Waals surface area contributed by atoms with Gasteiger partial charge in [-0.25, -0.2) is 9.49 Å². The molecule has 2 N–H and O–H groups in total. The van der Waals surface area contributed by atoms with Crippen LogP contribution in [0.25, 0.3) is 10.1 Å². The number of aromatic amines is 1. The molecule has 0 atom stereocenters. The number of aromatic nitrogens is 3. The number of rotatable bonds is 2. The molecule has 0 saturated heterocycles. The van der Waals surface area contributed by atoms with Gasteiger partial charge in [0.2, 0.25) is 5.95 Å². The summed E-state index contributed by atoms with van der Waals surface area (Å²) >= 11 is 1.30. The van der Waals surface area contributed by atoms with Crippen molar-refractivity contribution in [2.45, 2.75) is 0 Å². The molecule has 7 heteroatoms. The van der Waals surface area contributed by atoms with Crippen LogP contribution in [0.4, 0.5) is 10.3 Å². The van der Waals surface area contributed by atoms with Crippen molar-refractivity contribution in [1.29, 1.82) is 0 Å². The van der Waals surface area contributed by atoms with Gasteiger partial charge in [-0.05, 0) is 29.7 Å². The van der Waals surface area contributed by atoms with Crippen LogP contribution in [0.15, 0.2) is 30.6 Å². The summed E-state index contributed by atoms with van der Waals surface area (Å²) in [4.78, 5) is 16.2. The third-order valence-electron chi connectivity index (χ3n) is 2.35. The monoisotopic (exact) mass is 262 g/mol. The molecule has 90 valence electrons. The molecule has 5 nitrogen and oxygen atoms in total. The van der Waals surface area contributed by atoms with Crippen molar-refractivity contribution in [2.75, 3.05) is 5.32 Å². The van der Waals surface area contributed by atoms with Crippen LogP contribution < -0.4 is 5.32 Å². The number of nitrogens with one attached hydrogen (secondary N) is 2. The fourth-order valence-electron chi connectivity index (χ4n) is 1.56. The number of benzene rings is 1. The number of H-pyrrole nitrogens is 1. The lowest BCUT2D eigenvalue weighted by molar-refractivity contribution is 0.103. The summed E-state index contributed by atoms with van der Waals surface area (Å²) < 4.78 is 13.9. The van der Waals surface area contributed by atoms with E-state index in [2.05, 4.69) is 20.5 Å². The Morgan fingerprint density at radius 3 is 3.06 bits per heavy atom. The molecule has 0 saturated carbocycles. The van der Waals surface area contributed by atoms with E-state index in [4.69, 9.17) is 0 Å². The van der Waals surface area contributed by atoms with Crippen molar-refractivity contribution < 1.29 is 9.18 Å². The van der Waals surface area contributed by atoms with Gasteiger partial charge in [0.15, 0.2) is 0 Å². The summed E-state index contributed by atoms with van der Waals surface area (Å²) in [5.41, 5.74) is 0. The molecular weight excluding hydrogens is 255 g/mol. The van der Waals surface area contributed by atoms with Gasteiger partial charge in [-0.1, -0.05) is 0 Å². The summed E-state index contributed by atoms with van der Waals surface area (Å²) in [6.45, 7) is 0. The minimum Gasteiger partial charge on any atom is -0.290 e. The molecule has 1 aromatic carbocycles. The first-order valence-corrected chi connectivity index (χ1v) is 5.90. The second kappa shape index (κ2) is 4.19. The quantitative estimate of drug-likeness (QED) is 0.745. The first kappa shape index (κ1) is 10.8. The predicted octanol–water partition coefficient (Wildman–Crippen LogP) is 2.41. The highest BCUT2D eigenvalue weighted by Crippen LogP contribution is 2.26. The van der Waals surface area contributed by atoms with Gasteiger partial charge in [0.05, 0.1) is 4.88 Å². The smallest absolute Gasteiger partial charge is 0.268 e. The van der Waals surface area contributed by atoms with Crippen LogP contribution >= 0.6 is 11.3 Å². The Balaban J connectivity index is 1.92. The van der Waals surface area contributed by atoms with Gasteiger partial charge >= 0.3 is 0 Å². The Morgan fingerprint density at radius 1 is 1.39 bits per heavy atom. The lowest BCUT2D eigenvalue weighted by Crippen LogP contribution is -2.11. The van der Waals surface area contributed by atoms with Crippen LogP contribution in [0.5, 0.6) is 0 Å². The Bertz CT molecular complexity index is 707. The first-order valence-electron chi connectivity index (χ1n) is 5.08. The second-order valence-electron chi connectivity index (χ2n) is 3.58. The number of anilines is 1. The molecule has 0 radical (unpaired) electrons. The normalized spacial score (nSPS) is 10.7. The highest BCUT2D eigenvalue weighted by molar-refractivity contribution is 7.20. The average molecular weight is 262 g/mol. The van der Waals surface area contributed by atoms with Crippen molar-refractivity contribution >= 4 is 33.3 Å². The highest BCUT2D eigenvalue weighted by atomic mass is 32.1. The van der Waals surface area contributed by atoms with Gasteiger partial charge < -0.3 is 0 Å². The number of hydrogen-bond acceptors (Lipinski definition) is 4. The van der Waals surface area contributed by atoms with E-state index in [1.807, 2.05) is 0 Å². The summed E-state index contributed by atoms with van der Waals surface area (Å²) in [6, 6.07) is 6.07. The fraction of sp³-hybridized carbons (Fsp3) is 0. The van der Waals surface area contributed by atoms with Gasteiger partial charge in [0.1, 0.15) is 12.1 Å². The van der Waals surface area contributed by atoms with Crippen LogP contribution in [0.1, 0.15) is 9.67 Å². The Hall–Kier alpha value is -2.28. The zero-order valence-corrected chi connectivity index (χ0v) is 9.79.